The first kappa shape index (κ1) is 64.5. The second-order valence-electron chi connectivity index (χ2n) is 21.7. The highest BCUT2D eigenvalue weighted by Crippen LogP contribution is 2.54. The lowest BCUT2D eigenvalue weighted by molar-refractivity contribution is -0.171. The van der Waals surface area contributed by atoms with Gasteiger partial charge in [0.05, 0.1) is 36.7 Å². The Balaban J connectivity index is 0.000000279. The predicted octanol–water partition coefficient (Wildman–Crippen LogP) is 13.5. The zero-order chi connectivity index (χ0) is 56.3. The van der Waals surface area contributed by atoms with Crippen molar-refractivity contribution in [3.05, 3.63) is 72.6 Å². The molecule has 14 nitrogen and oxygen atoms in total. The molecule has 4 heterocycles. The molecule has 2 fully saturated rings. The highest BCUT2D eigenvalue weighted by atomic mass is 79.9. The van der Waals surface area contributed by atoms with Crippen LogP contribution in [-0.2, 0) is 38.0 Å². The van der Waals surface area contributed by atoms with Crippen LogP contribution in [-0.4, -0.2) is 119 Å². The summed E-state index contributed by atoms with van der Waals surface area (Å²) in [6, 6.07) is 12.1. The highest BCUT2D eigenvalue weighted by molar-refractivity contribution is 9.09. The third kappa shape index (κ3) is 15.8. The van der Waals surface area contributed by atoms with E-state index in [-0.39, 0.29) is 90.6 Å². The first-order valence-electron chi connectivity index (χ1n) is 26.2. The molecule has 10 atom stereocenters. The Morgan fingerprint density at radius 3 is 1.39 bits per heavy atom. The van der Waals surface area contributed by atoms with Crippen molar-refractivity contribution >= 4 is 65.6 Å². The molecule has 0 N–H and O–H groups in total. The van der Waals surface area contributed by atoms with Crippen molar-refractivity contribution in [3.8, 4) is 22.5 Å². The number of carbonyl (C=O) groups excluding carboxylic acids is 2. The Labute approximate surface area is 465 Å². The van der Waals surface area contributed by atoms with Crippen molar-refractivity contribution in [2.75, 3.05) is 27.4 Å². The summed E-state index contributed by atoms with van der Waals surface area (Å²) in [6.07, 6.45) is 2.29. The van der Waals surface area contributed by atoms with Crippen molar-refractivity contribution < 1.29 is 46.8 Å². The van der Waals surface area contributed by atoms with E-state index < -0.39 is 19.5 Å². The molecule has 2 saturated heterocycles. The Hall–Kier alpha value is -3.03. The van der Waals surface area contributed by atoms with Gasteiger partial charge in [-0.25, -0.2) is 30.2 Å². The van der Waals surface area contributed by atoms with Gasteiger partial charge in [-0.15, -0.1) is 10.2 Å². The number of hydrogen-bond acceptors (Lipinski definition) is 14. The maximum Gasteiger partial charge on any atom is 0.302 e. The summed E-state index contributed by atoms with van der Waals surface area (Å²) in [7, 11) is 0.0820. The molecular formula is C54H85BrF2N6O8S2Si2. The van der Waals surface area contributed by atoms with Crippen LogP contribution < -0.4 is 0 Å². The van der Waals surface area contributed by atoms with Gasteiger partial charge < -0.3 is 28.4 Å². The molecule has 0 aliphatic carbocycles. The number of hydrogen-bond donors (Lipinski definition) is 1. The molecule has 0 bridgehead atoms. The zero-order valence-electron chi connectivity index (χ0n) is 47.4. The number of alkyl halides is 1. The number of benzene rings is 2. The Morgan fingerprint density at radius 2 is 1.05 bits per heavy atom. The van der Waals surface area contributed by atoms with Crippen LogP contribution in [0.3, 0.4) is 0 Å². The zero-order valence-corrected chi connectivity index (χ0v) is 52.7. The third-order valence-electron chi connectivity index (χ3n) is 15.2. The molecule has 0 radical (unpaired) electrons. The number of carbonyl (C=O) groups is 2. The van der Waals surface area contributed by atoms with Crippen molar-refractivity contribution in [2.24, 2.45) is 11.8 Å². The smallest absolute Gasteiger partial charge is 0.302 e. The predicted molar refractivity (Wildman–Crippen MR) is 307 cm³/mol. The first-order valence-corrected chi connectivity index (χ1v) is 34.5. The summed E-state index contributed by atoms with van der Waals surface area (Å²) in [5, 5.41) is 16.8. The monoisotopic (exact) mass is 1180 g/mol. The molecule has 0 spiro atoms. The molecule has 2 aromatic heterocycles. The van der Waals surface area contributed by atoms with Crippen LogP contribution in [0.4, 0.5) is 8.78 Å². The van der Waals surface area contributed by atoms with E-state index in [1.54, 1.807) is 43.3 Å². The first-order chi connectivity index (χ1) is 35.1. The quantitative estimate of drug-likeness (QED) is 0.0436. The Bertz CT molecular complexity index is 2370. The average Bonchev–Trinajstić information content (AvgIpc) is 4.04. The number of esters is 2. The molecule has 4 aromatic rings. The minimum atomic E-state index is -1.94. The van der Waals surface area contributed by atoms with E-state index in [0.29, 0.717) is 39.1 Å². The van der Waals surface area contributed by atoms with Crippen LogP contribution in [0, 0.1) is 23.5 Å². The van der Waals surface area contributed by atoms with Gasteiger partial charge in [0.25, 0.3) is 0 Å². The summed E-state index contributed by atoms with van der Waals surface area (Å²) in [6.45, 7) is 35.0. The van der Waals surface area contributed by atoms with Crippen molar-refractivity contribution in [1.29, 1.82) is 0 Å². The number of halogens is 3. The van der Waals surface area contributed by atoms with E-state index in [0.717, 1.165) is 16.6 Å². The second-order valence-corrected chi connectivity index (χ2v) is 38.9. The number of nitrogens with zero attached hydrogens (tertiary/aromatic N) is 6. The van der Waals surface area contributed by atoms with Gasteiger partial charge in [0.1, 0.15) is 73.3 Å². The lowest BCUT2D eigenvalue weighted by Gasteiger charge is -2.50. The van der Waals surface area contributed by atoms with E-state index in [9.17, 15) is 18.4 Å². The Kier molecular flexibility index (Phi) is 24.7. The second kappa shape index (κ2) is 28.7. The van der Waals surface area contributed by atoms with Crippen LogP contribution in [0.2, 0.25) is 33.2 Å². The van der Waals surface area contributed by atoms with E-state index >= 15 is 0 Å². The minimum absolute atomic E-state index is 0.0786. The van der Waals surface area contributed by atoms with E-state index in [4.69, 9.17) is 40.5 Å². The fourth-order valence-corrected chi connectivity index (χ4v) is 26.1. The summed E-state index contributed by atoms with van der Waals surface area (Å²) in [5.41, 5.74) is 6.09. The highest BCUT2D eigenvalue weighted by Gasteiger charge is 2.53. The van der Waals surface area contributed by atoms with Gasteiger partial charge in [-0.3, -0.25) is 9.59 Å². The number of rotatable bonds is 18. The van der Waals surface area contributed by atoms with Crippen LogP contribution in [0.15, 0.2) is 60.9 Å². The average molecular weight is 1180 g/mol. The van der Waals surface area contributed by atoms with Crippen LogP contribution in [0.1, 0.15) is 123 Å². The van der Waals surface area contributed by atoms with Gasteiger partial charge in [-0.1, -0.05) is 148 Å². The van der Waals surface area contributed by atoms with Crippen molar-refractivity contribution in [2.45, 2.75) is 191 Å². The Morgan fingerprint density at radius 1 is 0.667 bits per heavy atom. The molecule has 0 saturated carbocycles. The molecule has 6 rings (SSSR count). The summed E-state index contributed by atoms with van der Waals surface area (Å²) < 4.78 is 65.8. The van der Waals surface area contributed by atoms with Gasteiger partial charge >= 0.3 is 11.9 Å². The van der Waals surface area contributed by atoms with Crippen LogP contribution >= 0.6 is 39.2 Å². The van der Waals surface area contributed by atoms with Gasteiger partial charge in [0.2, 0.25) is 0 Å². The van der Waals surface area contributed by atoms with Crippen LogP contribution in [0.5, 0.6) is 0 Å². The standard InChI is InChI=1S/C27H42FN3O4SSi.C18H21BrFN3O4.C9H22SSi/c1-16(2)37(17(3)4,18(5)6)36-27-26(33-9)25(19(7)24(35-27)15-34-20(8)32)31-14-23(29-30-31)21-11-10-12-22(28)13-21;1-10-15(9-26-11(2)24)27-18(19)17(25-3)16(10)23-8-14(21-22-23)12-5-4-6-13(20)7-12;1-7(2)11(10,8(3)4)9(5)6/h10-14,16-19,24-27H,15H2,1-9H3;4-8,10,15-18H,9H2,1-3H3;7-10H,1-6H3. The molecule has 2 aromatic carbocycles. The van der Waals surface area contributed by atoms with Crippen molar-refractivity contribution in [1.82, 2.24) is 30.0 Å². The maximum absolute atomic E-state index is 13.9. The molecule has 75 heavy (non-hydrogen) atoms. The molecule has 420 valence electrons. The van der Waals surface area contributed by atoms with Gasteiger partial charge in [0, 0.05) is 51.0 Å². The molecule has 2 aliphatic heterocycles. The summed E-state index contributed by atoms with van der Waals surface area (Å²) >= 11 is 10.4. The molecule has 10 unspecified atom stereocenters. The fraction of sp³-hybridized carbons (Fsp3) is 0.667. The normalized spacial score (nSPS) is 24.3. The molecule has 21 heteroatoms. The number of ether oxygens (including phenoxy) is 6. The third-order valence-corrected chi connectivity index (χ3v) is 38.7. The number of aromatic nitrogens is 6. The molecule has 0 amide bonds. The van der Waals surface area contributed by atoms with Crippen LogP contribution in [0.25, 0.3) is 22.5 Å². The van der Waals surface area contributed by atoms with Crippen molar-refractivity contribution in [3.63, 3.8) is 0 Å². The minimum Gasteiger partial charge on any atom is -0.463 e. The lowest BCUT2D eigenvalue weighted by atomic mass is 9.89. The molecular weight excluding hydrogens is 1100 g/mol. The lowest BCUT2D eigenvalue weighted by Crippen LogP contribution is -2.55. The largest absolute Gasteiger partial charge is 0.463 e. The van der Waals surface area contributed by atoms with E-state index in [1.165, 1.54) is 38.1 Å². The topological polar surface area (TPSA) is 151 Å². The van der Waals surface area contributed by atoms with E-state index in [2.05, 4.69) is 127 Å². The summed E-state index contributed by atoms with van der Waals surface area (Å²) in [5.74, 6) is -1.53. The molecule has 2 aliphatic rings. The fourth-order valence-electron chi connectivity index (χ4n) is 11.3. The van der Waals surface area contributed by atoms with E-state index in [1.807, 2.05) is 35.1 Å². The van der Waals surface area contributed by atoms with Gasteiger partial charge in [-0.05, 0) is 57.5 Å². The summed E-state index contributed by atoms with van der Waals surface area (Å²) in [4.78, 5) is 22.8. The van der Waals surface area contributed by atoms with Gasteiger partial charge in [0.15, 0.2) is 0 Å². The maximum atomic E-state index is 13.9. The SMILES string of the molecule is CC(C)[Si](S)(C(C)C)C(C)C.COC1C(Br)OC(COC(C)=O)C(C)C1n1cc(-c2cccc(F)c2)nn1.COC1C(S[Si](C(C)C)(C(C)C)C(C)C)OC(COC(C)=O)C(C)C1n1cc(-c2cccc(F)c2)nn1. The number of methoxy groups -OCH3 is 2. The van der Waals surface area contributed by atoms with Gasteiger partial charge in [-0.2, -0.15) is 11.2 Å². The number of thiol groups is 1.